The number of anilines is 2. The zero-order valence-electron chi connectivity index (χ0n) is 15.9. The van der Waals surface area contributed by atoms with Gasteiger partial charge in [0, 0.05) is 45.0 Å². The van der Waals surface area contributed by atoms with Crippen LogP contribution < -0.4 is 15.1 Å². The third kappa shape index (κ3) is 5.19. The van der Waals surface area contributed by atoms with Gasteiger partial charge < -0.3 is 19.9 Å². The van der Waals surface area contributed by atoms with Crippen molar-refractivity contribution in [2.24, 2.45) is 0 Å². The number of pyridine rings is 1. The van der Waals surface area contributed by atoms with E-state index in [2.05, 4.69) is 42.1 Å². The molecule has 0 amide bonds. The molecule has 2 rings (SSSR count). The SMILES string of the molecule is CCCCN(C)c1cc(N2CCOCC2C)cc(C(=N)/C=C\NC)n1. The summed E-state index contributed by atoms with van der Waals surface area (Å²) in [5.74, 6) is 0.919. The van der Waals surface area contributed by atoms with E-state index in [1.54, 1.807) is 12.3 Å². The lowest BCUT2D eigenvalue weighted by molar-refractivity contribution is 0.0989. The third-order valence-corrected chi connectivity index (χ3v) is 4.43. The van der Waals surface area contributed by atoms with Crippen molar-refractivity contribution in [3.63, 3.8) is 0 Å². The smallest absolute Gasteiger partial charge is 0.131 e. The molecule has 0 saturated carbocycles. The first-order chi connectivity index (χ1) is 12.1. The van der Waals surface area contributed by atoms with Gasteiger partial charge in [-0.25, -0.2) is 4.98 Å². The highest BCUT2D eigenvalue weighted by molar-refractivity contribution is 6.05. The normalized spacial score (nSPS) is 17.8. The van der Waals surface area contributed by atoms with Crippen molar-refractivity contribution in [1.82, 2.24) is 10.3 Å². The first kappa shape index (κ1) is 19.2. The summed E-state index contributed by atoms with van der Waals surface area (Å²) < 4.78 is 5.57. The molecule has 0 bridgehead atoms. The molecular weight excluding hydrogens is 314 g/mol. The summed E-state index contributed by atoms with van der Waals surface area (Å²) in [5.41, 5.74) is 2.21. The number of unbranched alkanes of at least 4 members (excludes halogenated alkanes) is 1. The third-order valence-electron chi connectivity index (χ3n) is 4.43. The Bertz CT molecular complexity index is 601. The van der Waals surface area contributed by atoms with E-state index in [1.807, 2.05) is 13.1 Å². The van der Waals surface area contributed by atoms with Crippen molar-refractivity contribution in [2.75, 3.05) is 50.2 Å². The molecule has 25 heavy (non-hydrogen) atoms. The summed E-state index contributed by atoms with van der Waals surface area (Å²) >= 11 is 0. The van der Waals surface area contributed by atoms with E-state index in [1.165, 1.54) is 0 Å². The molecule has 1 unspecified atom stereocenters. The van der Waals surface area contributed by atoms with Gasteiger partial charge in [0.1, 0.15) is 5.82 Å². The topological polar surface area (TPSA) is 64.5 Å². The van der Waals surface area contributed by atoms with Crippen molar-refractivity contribution in [3.8, 4) is 0 Å². The van der Waals surface area contributed by atoms with Gasteiger partial charge >= 0.3 is 0 Å². The van der Waals surface area contributed by atoms with Crippen LogP contribution in [0, 0.1) is 5.41 Å². The van der Waals surface area contributed by atoms with Crippen LogP contribution in [0.4, 0.5) is 11.5 Å². The molecule has 1 aromatic heterocycles. The predicted octanol–water partition coefficient (Wildman–Crippen LogP) is 2.64. The fourth-order valence-electron chi connectivity index (χ4n) is 2.87. The number of morpholine rings is 1. The molecular formula is C19H31N5O. The number of nitrogens with zero attached hydrogens (tertiary/aromatic N) is 3. The van der Waals surface area contributed by atoms with Crippen molar-refractivity contribution in [2.45, 2.75) is 32.7 Å². The first-order valence-corrected chi connectivity index (χ1v) is 9.07. The van der Waals surface area contributed by atoms with Crippen molar-refractivity contribution >= 4 is 17.2 Å². The molecule has 0 aromatic carbocycles. The highest BCUT2D eigenvalue weighted by Gasteiger charge is 2.21. The van der Waals surface area contributed by atoms with Crippen LogP contribution >= 0.6 is 0 Å². The maximum atomic E-state index is 8.32. The molecule has 6 nitrogen and oxygen atoms in total. The molecule has 0 aliphatic carbocycles. The zero-order chi connectivity index (χ0) is 18.2. The van der Waals surface area contributed by atoms with Gasteiger partial charge in [0.05, 0.1) is 24.6 Å². The number of ether oxygens (including phenoxy) is 1. The van der Waals surface area contributed by atoms with E-state index in [0.29, 0.717) is 17.4 Å². The second kappa shape index (κ2) is 9.42. The second-order valence-electron chi connectivity index (χ2n) is 6.50. The predicted molar refractivity (Wildman–Crippen MR) is 105 cm³/mol. The van der Waals surface area contributed by atoms with Gasteiger partial charge in [-0.05, 0) is 31.7 Å². The Morgan fingerprint density at radius 3 is 3.00 bits per heavy atom. The van der Waals surface area contributed by atoms with Gasteiger partial charge in [-0.2, -0.15) is 0 Å². The van der Waals surface area contributed by atoms with E-state index in [4.69, 9.17) is 15.1 Å². The molecule has 2 N–H and O–H groups in total. The lowest BCUT2D eigenvalue weighted by Gasteiger charge is -2.36. The minimum Gasteiger partial charge on any atom is -0.394 e. The fraction of sp³-hybridized carbons (Fsp3) is 0.579. The number of hydrogen-bond acceptors (Lipinski definition) is 6. The lowest BCUT2D eigenvalue weighted by atomic mass is 10.1. The van der Waals surface area contributed by atoms with Crippen molar-refractivity contribution in [1.29, 1.82) is 5.41 Å². The molecule has 1 aromatic rings. The summed E-state index contributed by atoms with van der Waals surface area (Å²) in [4.78, 5) is 9.25. The standard InChI is InChI=1S/C19H31N5O/c1-5-6-9-23(4)19-13-16(24-10-11-25-14-15(24)2)12-18(22-19)17(20)7-8-21-3/h7-8,12-13,15,20-21H,5-6,9-11,14H2,1-4H3/b8-7-,20-17?. The maximum Gasteiger partial charge on any atom is 0.131 e. The second-order valence-corrected chi connectivity index (χ2v) is 6.50. The highest BCUT2D eigenvalue weighted by Crippen LogP contribution is 2.25. The summed E-state index contributed by atoms with van der Waals surface area (Å²) in [5, 5.41) is 11.3. The summed E-state index contributed by atoms with van der Waals surface area (Å²) in [6.07, 6.45) is 5.78. The largest absolute Gasteiger partial charge is 0.394 e. The molecule has 1 aliphatic rings. The first-order valence-electron chi connectivity index (χ1n) is 9.07. The van der Waals surface area contributed by atoms with E-state index < -0.39 is 0 Å². The molecule has 138 valence electrons. The van der Waals surface area contributed by atoms with E-state index >= 15 is 0 Å². The van der Waals surface area contributed by atoms with E-state index in [9.17, 15) is 0 Å². The Morgan fingerprint density at radius 1 is 1.52 bits per heavy atom. The van der Waals surface area contributed by atoms with Crippen LogP contribution in [0.15, 0.2) is 24.4 Å². The monoisotopic (exact) mass is 345 g/mol. The van der Waals surface area contributed by atoms with Gasteiger partial charge in [0.15, 0.2) is 0 Å². The van der Waals surface area contributed by atoms with Crippen molar-refractivity contribution in [3.05, 3.63) is 30.1 Å². The summed E-state index contributed by atoms with van der Waals surface area (Å²) in [6, 6.07) is 4.47. The fourth-order valence-corrected chi connectivity index (χ4v) is 2.87. The zero-order valence-corrected chi connectivity index (χ0v) is 15.9. The average molecular weight is 345 g/mol. The quantitative estimate of drug-likeness (QED) is 0.709. The minimum absolute atomic E-state index is 0.319. The van der Waals surface area contributed by atoms with Crippen LogP contribution in [-0.2, 0) is 4.74 Å². The van der Waals surface area contributed by atoms with Gasteiger partial charge in [0.2, 0.25) is 0 Å². The molecule has 1 saturated heterocycles. The molecule has 1 atom stereocenters. The van der Waals surface area contributed by atoms with Gasteiger partial charge in [-0.3, -0.25) is 5.41 Å². The Morgan fingerprint density at radius 2 is 2.32 bits per heavy atom. The molecule has 1 aliphatic heterocycles. The number of hydrogen-bond donors (Lipinski definition) is 2. The average Bonchev–Trinajstić information content (AvgIpc) is 2.64. The number of nitrogens with one attached hydrogen (secondary N) is 2. The number of aromatic nitrogens is 1. The van der Waals surface area contributed by atoms with Crippen LogP contribution in [0.2, 0.25) is 0 Å². The Labute approximate surface area is 151 Å². The van der Waals surface area contributed by atoms with Crippen LogP contribution in [0.5, 0.6) is 0 Å². The van der Waals surface area contributed by atoms with Crippen LogP contribution in [0.25, 0.3) is 0 Å². The summed E-state index contributed by atoms with van der Waals surface area (Å²) in [6.45, 7) is 7.66. The number of rotatable bonds is 8. The lowest BCUT2D eigenvalue weighted by Crippen LogP contribution is -2.43. The highest BCUT2D eigenvalue weighted by atomic mass is 16.5. The Kier molecular flexibility index (Phi) is 7.25. The van der Waals surface area contributed by atoms with Crippen LogP contribution in [0.1, 0.15) is 32.4 Å². The van der Waals surface area contributed by atoms with E-state index in [-0.39, 0.29) is 0 Å². The maximum absolute atomic E-state index is 8.32. The van der Waals surface area contributed by atoms with Gasteiger partial charge in [-0.15, -0.1) is 0 Å². The summed E-state index contributed by atoms with van der Waals surface area (Å²) in [7, 11) is 3.90. The van der Waals surface area contributed by atoms with Gasteiger partial charge in [0.25, 0.3) is 0 Å². The molecule has 2 heterocycles. The molecule has 0 radical (unpaired) electrons. The Hall–Kier alpha value is -2.08. The van der Waals surface area contributed by atoms with Crippen LogP contribution in [0.3, 0.4) is 0 Å². The van der Waals surface area contributed by atoms with Gasteiger partial charge in [-0.1, -0.05) is 13.3 Å². The minimum atomic E-state index is 0.319. The Balaban J connectivity index is 2.36. The van der Waals surface area contributed by atoms with Crippen LogP contribution in [-0.4, -0.2) is 57.1 Å². The molecule has 0 spiro atoms. The molecule has 6 heteroatoms. The van der Waals surface area contributed by atoms with E-state index in [0.717, 1.165) is 50.7 Å². The number of allylic oxidation sites excluding steroid dienone is 1. The van der Waals surface area contributed by atoms with Crippen molar-refractivity contribution < 1.29 is 4.74 Å². The molecule has 1 fully saturated rings.